The van der Waals surface area contributed by atoms with Gasteiger partial charge in [-0.15, -0.1) is 0 Å². The van der Waals surface area contributed by atoms with Crippen LogP contribution in [0.5, 0.6) is 5.75 Å². The van der Waals surface area contributed by atoms with Gasteiger partial charge in [-0.2, -0.15) is 0 Å². The Morgan fingerprint density at radius 2 is 2.06 bits per heavy atom. The Morgan fingerprint density at radius 3 is 2.69 bits per heavy atom. The molecule has 0 unspecified atom stereocenters. The first-order valence-corrected chi connectivity index (χ1v) is 5.93. The lowest BCUT2D eigenvalue weighted by Gasteiger charge is -2.25. The second-order valence-corrected chi connectivity index (χ2v) is 4.84. The summed E-state index contributed by atoms with van der Waals surface area (Å²) in [7, 11) is 0. The third kappa shape index (κ3) is 3.86. The molecule has 0 amide bonds. The summed E-state index contributed by atoms with van der Waals surface area (Å²) in [4.78, 5) is 0. The number of phenolic OH excluding ortho intramolecular Hbond substituents is 1. The van der Waals surface area contributed by atoms with Crippen molar-refractivity contribution in [2.45, 2.75) is 39.0 Å². The Kier molecular flexibility index (Phi) is 4.81. The van der Waals surface area contributed by atoms with Gasteiger partial charge in [-0.25, -0.2) is 0 Å². The highest BCUT2D eigenvalue weighted by Gasteiger charge is 2.20. The Morgan fingerprint density at radius 1 is 1.31 bits per heavy atom. The van der Waals surface area contributed by atoms with Gasteiger partial charge in [0.15, 0.2) is 0 Å². The second-order valence-electron chi connectivity index (χ2n) is 4.84. The van der Waals surface area contributed by atoms with Crippen LogP contribution in [-0.4, -0.2) is 18.3 Å². The Balaban J connectivity index is 2.55. The van der Waals surface area contributed by atoms with Gasteiger partial charge >= 0.3 is 0 Å². The first-order valence-electron chi connectivity index (χ1n) is 5.93. The molecule has 16 heavy (non-hydrogen) atoms. The van der Waals surface area contributed by atoms with Crippen LogP contribution < -0.4 is 0 Å². The minimum absolute atomic E-state index is 0.0491. The summed E-state index contributed by atoms with van der Waals surface area (Å²) >= 11 is 0. The lowest BCUT2D eigenvalue weighted by atomic mass is 9.85. The molecule has 0 radical (unpaired) electrons. The molecule has 0 fully saturated rings. The smallest absolute Gasteiger partial charge is 0.115 e. The maximum absolute atomic E-state index is 9.45. The van der Waals surface area contributed by atoms with E-state index in [2.05, 4.69) is 20.8 Å². The molecule has 0 aliphatic heterocycles. The van der Waals surface area contributed by atoms with Gasteiger partial charge in [0.1, 0.15) is 5.75 Å². The number of rotatable bonds is 6. The molecule has 1 rings (SSSR count). The summed E-state index contributed by atoms with van der Waals surface area (Å²) in [5, 5.41) is 9.45. The van der Waals surface area contributed by atoms with Gasteiger partial charge in [0.2, 0.25) is 0 Å². The highest BCUT2D eigenvalue weighted by Crippen LogP contribution is 2.26. The van der Waals surface area contributed by atoms with Crippen LogP contribution >= 0.6 is 0 Å². The highest BCUT2D eigenvalue weighted by atomic mass is 16.5. The molecule has 90 valence electrons. The zero-order valence-corrected chi connectivity index (χ0v) is 10.5. The van der Waals surface area contributed by atoms with Crippen molar-refractivity contribution in [2.24, 2.45) is 0 Å². The molecule has 0 spiro atoms. The van der Waals surface area contributed by atoms with Gasteiger partial charge in [0.25, 0.3) is 0 Å². The monoisotopic (exact) mass is 222 g/mol. The van der Waals surface area contributed by atoms with Crippen molar-refractivity contribution in [1.29, 1.82) is 0 Å². The molecule has 1 aromatic carbocycles. The molecule has 2 heteroatoms. The van der Waals surface area contributed by atoms with Crippen LogP contribution in [0.25, 0.3) is 0 Å². The number of ether oxygens (including phenoxy) is 1. The third-order valence-electron chi connectivity index (χ3n) is 2.73. The van der Waals surface area contributed by atoms with E-state index < -0.39 is 0 Å². The standard InChI is InChI=1S/C14H22O2/c1-4-5-9-16-11-14(2,3)12-7-6-8-13(15)10-12/h6-8,10,15H,4-5,9,11H2,1-3H3. The summed E-state index contributed by atoms with van der Waals surface area (Å²) in [5.41, 5.74) is 1.07. The lowest BCUT2D eigenvalue weighted by Crippen LogP contribution is -2.24. The lowest BCUT2D eigenvalue weighted by molar-refractivity contribution is 0.0924. The average molecular weight is 222 g/mol. The molecular weight excluding hydrogens is 200 g/mol. The quantitative estimate of drug-likeness (QED) is 0.747. The fourth-order valence-corrected chi connectivity index (χ4v) is 1.58. The molecule has 0 heterocycles. The normalized spacial score (nSPS) is 11.7. The van der Waals surface area contributed by atoms with E-state index in [1.165, 1.54) is 0 Å². The van der Waals surface area contributed by atoms with Crippen molar-refractivity contribution in [3.63, 3.8) is 0 Å². The number of hydrogen-bond donors (Lipinski definition) is 1. The number of hydrogen-bond acceptors (Lipinski definition) is 2. The van der Waals surface area contributed by atoms with E-state index in [9.17, 15) is 5.11 Å². The van der Waals surface area contributed by atoms with Crippen molar-refractivity contribution in [1.82, 2.24) is 0 Å². The number of benzene rings is 1. The van der Waals surface area contributed by atoms with Crippen molar-refractivity contribution >= 4 is 0 Å². The molecule has 0 aliphatic rings. The van der Waals surface area contributed by atoms with E-state index in [1.807, 2.05) is 18.2 Å². The maximum atomic E-state index is 9.45. The van der Waals surface area contributed by atoms with Crippen LogP contribution in [0.15, 0.2) is 24.3 Å². The maximum Gasteiger partial charge on any atom is 0.115 e. The minimum atomic E-state index is -0.0491. The van der Waals surface area contributed by atoms with Crippen LogP contribution in [-0.2, 0) is 10.2 Å². The van der Waals surface area contributed by atoms with Gasteiger partial charge < -0.3 is 9.84 Å². The molecule has 0 saturated heterocycles. The summed E-state index contributed by atoms with van der Waals surface area (Å²) in [6, 6.07) is 7.40. The van der Waals surface area contributed by atoms with E-state index in [4.69, 9.17) is 4.74 Å². The SMILES string of the molecule is CCCCOCC(C)(C)c1cccc(O)c1. The number of phenols is 1. The van der Waals surface area contributed by atoms with Gasteiger partial charge in [-0.05, 0) is 24.1 Å². The van der Waals surface area contributed by atoms with E-state index in [0.717, 1.165) is 25.0 Å². The van der Waals surface area contributed by atoms with Gasteiger partial charge in [-0.1, -0.05) is 39.3 Å². The minimum Gasteiger partial charge on any atom is -0.508 e. The summed E-state index contributed by atoms with van der Waals surface area (Å²) in [5.74, 6) is 0.319. The van der Waals surface area contributed by atoms with Crippen molar-refractivity contribution in [3.05, 3.63) is 29.8 Å². The van der Waals surface area contributed by atoms with Crippen LogP contribution in [0.1, 0.15) is 39.2 Å². The van der Waals surface area contributed by atoms with E-state index in [0.29, 0.717) is 12.4 Å². The average Bonchev–Trinajstić information content (AvgIpc) is 2.24. The largest absolute Gasteiger partial charge is 0.508 e. The molecule has 0 bridgehead atoms. The zero-order valence-electron chi connectivity index (χ0n) is 10.5. The first kappa shape index (κ1) is 13.0. The van der Waals surface area contributed by atoms with Gasteiger partial charge in [0.05, 0.1) is 6.61 Å². The van der Waals surface area contributed by atoms with Gasteiger partial charge in [0, 0.05) is 12.0 Å². The third-order valence-corrected chi connectivity index (χ3v) is 2.73. The number of unbranched alkanes of at least 4 members (excludes halogenated alkanes) is 1. The van der Waals surface area contributed by atoms with Crippen LogP contribution in [0.2, 0.25) is 0 Å². The Hall–Kier alpha value is -1.02. The summed E-state index contributed by atoms with van der Waals surface area (Å²) in [6.45, 7) is 7.93. The Bertz CT molecular complexity index is 318. The van der Waals surface area contributed by atoms with Crippen LogP contribution in [0.3, 0.4) is 0 Å². The van der Waals surface area contributed by atoms with E-state index in [1.54, 1.807) is 6.07 Å². The van der Waals surface area contributed by atoms with Crippen LogP contribution in [0.4, 0.5) is 0 Å². The fourth-order valence-electron chi connectivity index (χ4n) is 1.58. The van der Waals surface area contributed by atoms with E-state index in [-0.39, 0.29) is 5.41 Å². The van der Waals surface area contributed by atoms with Crippen molar-refractivity contribution in [2.75, 3.05) is 13.2 Å². The Labute approximate surface area is 98.3 Å². The summed E-state index contributed by atoms with van der Waals surface area (Å²) < 4.78 is 5.65. The molecule has 0 saturated carbocycles. The first-order chi connectivity index (χ1) is 7.56. The predicted octanol–water partition coefficient (Wildman–Crippen LogP) is 3.49. The molecule has 0 atom stereocenters. The molecule has 0 aromatic heterocycles. The second kappa shape index (κ2) is 5.90. The molecule has 1 aromatic rings. The highest BCUT2D eigenvalue weighted by molar-refractivity contribution is 5.32. The topological polar surface area (TPSA) is 29.5 Å². The number of aromatic hydroxyl groups is 1. The molecule has 2 nitrogen and oxygen atoms in total. The predicted molar refractivity (Wildman–Crippen MR) is 66.9 cm³/mol. The summed E-state index contributed by atoms with van der Waals surface area (Å²) in [6.07, 6.45) is 2.27. The molecule has 0 aliphatic carbocycles. The zero-order chi connectivity index (χ0) is 12.0. The van der Waals surface area contributed by atoms with Crippen molar-refractivity contribution in [3.8, 4) is 5.75 Å². The van der Waals surface area contributed by atoms with Crippen molar-refractivity contribution < 1.29 is 9.84 Å². The molecule has 1 N–H and O–H groups in total. The van der Waals surface area contributed by atoms with Gasteiger partial charge in [-0.3, -0.25) is 0 Å². The van der Waals surface area contributed by atoms with E-state index >= 15 is 0 Å². The van der Waals surface area contributed by atoms with Crippen LogP contribution in [0, 0.1) is 0 Å². The molecular formula is C14H22O2. The fraction of sp³-hybridized carbons (Fsp3) is 0.571.